The molecule has 0 atom stereocenters. The van der Waals surface area contributed by atoms with Gasteiger partial charge in [-0.05, 0) is 41.6 Å². The zero-order valence-electron chi connectivity index (χ0n) is 15.2. The molecule has 3 rings (SSSR count). The maximum atomic E-state index is 11.8. The molecule has 0 saturated heterocycles. The fourth-order valence-electron chi connectivity index (χ4n) is 2.83. The first-order chi connectivity index (χ1) is 13.5. The Morgan fingerprint density at radius 3 is 2.57 bits per heavy atom. The van der Waals surface area contributed by atoms with Crippen molar-refractivity contribution in [1.29, 1.82) is 0 Å². The summed E-state index contributed by atoms with van der Waals surface area (Å²) in [6, 6.07) is 8.67. The van der Waals surface area contributed by atoms with Gasteiger partial charge in [-0.3, -0.25) is 5.32 Å². The summed E-state index contributed by atoms with van der Waals surface area (Å²) < 4.78 is 0. The van der Waals surface area contributed by atoms with Gasteiger partial charge in [0.1, 0.15) is 11.6 Å². The largest absolute Gasteiger partial charge is 0.465 e. The Bertz CT molecular complexity index is 1020. The molecule has 0 fully saturated rings. The third-order valence-electron chi connectivity index (χ3n) is 4.10. The van der Waals surface area contributed by atoms with Crippen LogP contribution >= 0.6 is 0 Å². The van der Waals surface area contributed by atoms with Crippen LogP contribution in [0.25, 0.3) is 21.9 Å². The Morgan fingerprint density at radius 2 is 1.89 bits per heavy atom. The molecule has 28 heavy (non-hydrogen) atoms. The number of pyridine rings is 2. The first-order valence-electron chi connectivity index (χ1n) is 8.63. The summed E-state index contributed by atoms with van der Waals surface area (Å²) in [5.41, 5.74) is 8.15. The molecule has 1 aromatic carbocycles. The number of hydrogen-bond donors (Lipinski definition) is 5. The van der Waals surface area contributed by atoms with Gasteiger partial charge < -0.3 is 21.5 Å². The molecule has 9 heteroatoms. The Balaban J connectivity index is 2.10. The minimum Gasteiger partial charge on any atom is -0.465 e. The molecule has 0 unspecified atom stereocenters. The van der Waals surface area contributed by atoms with Crippen molar-refractivity contribution in [1.82, 2.24) is 20.6 Å². The minimum atomic E-state index is -1.11. The van der Waals surface area contributed by atoms with Gasteiger partial charge >= 0.3 is 12.1 Å². The Kier molecular flexibility index (Phi) is 5.54. The standard InChI is InChI=1S/C19H20N6O3/c1-2-21-18(26)25-17-7-14-13(11-4-6-16(20)22-8-11)5-3-12(9-24-19(27)28)15(14)10-23-17/h3-8,10,24H,2,9H2,1H3,(H2,20,22)(H,27,28)(H2,21,23,25,26). The molecule has 2 aromatic heterocycles. The van der Waals surface area contributed by atoms with Crippen molar-refractivity contribution in [3.05, 3.63) is 48.3 Å². The number of carbonyl (C=O) groups is 2. The summed E-state index contributed by atoms with van der Waals surface area (Å²) in [6.07, 6.45) is 2.17. The van der Waals surface area contributed by atoms with E-state index in [9.17, 15) is 9.59 Å². The number of hydrogen-bond acceptors (Lipinski definition) is 5. The van der Waals surface area contributed by atoms with Gasteiger partial charge in [0, 0.05) is 36.4 Å². The predicted molar refractivity (Wildman–Crippen MR) is 107 cm³/mol. The lowest BCUT2D eigenvalue weighted by molar-refractivity contribution is 0.194. The number of amides is 3. The van der Waals surface area contributed by atoms with Gasteiger partial charge in [-0.25, -0.2) is 19.6 Å². The summed E-state index contributed by atoms with van der Waals surface area (Å²) in [5.74, 6) is 0.794. The Labute approximate surface area is 161 Å². The van der Waals surface area contributed by atoms with E-state index < -0.39 is 6.09 Å². The van der Waals surface area contributed by atoms with Gasteiger partial charge in [-0.1, -0.05) is 12.1 Å². The second-order valence-corrected chi connectivity index (χ2v) is 6.00. The molecule has 6 N–H and O–H groups in total. The number of aromatic nitrogens is 2. The van der Waals surface area contributed by atoms with E-state index >= 15 is 0 Å². The van der Waals surface area contributed by atoms with Gasteiger partial charge in [0.2, 0.25) is 0 Å². The number of benzene rings is 1. The van der Waals surface area contributed by atoms with Crippen molar-refractivity contribution in [3.63, 3.8) is 0 Å². The number of carboxylic acid groups (broad SMARTS) is 1. The minimum absolute atomic E-state index is 0.136. The highest BCUT2D eigenvalue weighted by atomic mass is 16.4. The zero-order chi connectivity index (χ0) is 20.1. The van der Waals surface area contributed by atoms with Crippen LogP contribution in [0.2, 0.25) is 0 Å². The summed E-state index contributed by atoms with van der Waals surface area (Å²) in [6.45, 7) is 2.45. The van der Waals surface area contributed by atoms with Crippen LogP contribution in [0, 0.1) is 0 Å². The van der Waals surface area contributed by atoms with Crippen LogP contribution < -0.4 is 21.7 Å². The molecule has 0 spiro atoms. The van der Waals surface area contributed by atoms with Gasteiger partial charge in [0.05, 0.1) is 0 Å². The van der Waals surface area contributed by atoms with Crippen LogP contribution in [0.15, 0.2) is 42.7 Å². The highest BCUT2D eigenvalue weighted by molar-refractivity contribution is 6.00. The normalized spacial score (nSPS) is 10.5. The molecular weight excluding hydrogens is 360 g/mol. The van der Waals surface area contributed by atoms with E-state index in [1.54, 1.807) is 24.5 Å². The lowest BCUT2D eigenvalue weighted by Gasteiger charge is -2.13. The maximum absolute atomic E-state index is 11.8. The average molecular weight is 380 g/mol. The maximum Gasteiger partial charge on any atom is 0.404 e. The lowest BCUT2D eigenvalue weighted by atomic mass is 9.97. The van der Waals surface area contributed by atoms with Crippen molar-refractivity contribution in [2.24, 2.45) is 0 Å². The van der Waals surface area contributed by atoms with Gasteiger partial charge in [0.15, 0.2) is 0 Å². The lowest BCUT2D eigenvalue weighted by Crippen LogP contribution is -2.28. The summed E-state index contributed by atoms with van der Waals surface area (Å²) in [5, 5.41) is 18.2. The number of nitrogen functional groups attached to an aromatic ring is 1. The fraction of sp³-hybridized carbons (Fsp3) is 0.158. The molecule has 0 bridgehead atoms. The second-order valence-electron chi connectivity index (χ2n) is 6.00. The molecule has 0 aliphatic carbocycles. The molecule has 3 amide bonds. The fourth-order valence-corrected chi connectivity index (χ4v) is 2.83. The Morgan fingerprint density at radius 1 is 1.07 bits per heavy atom. The number of carbonyl (C=O) groups excluding carboxylic acids is 1. The first kappa shape index (κ1) is 18.9. The molecule has 144 valence electrons. The number of urea groups is 1. The van der Waals surface area contributed by atoms with Crippen LogP contribution in [0.3, 0.4) is 0 Å². The summed E-state index contributed by atoms with van der Waals surface area (Å²) >= 11 is 0. The third-order valence-corrected chi connectivity index (χ3v) is 4.10. The van der Waals surface area contributed by atoms with E-state index in [0.717, 1.165) is 27.5 Å². The third kappa shape index (κ3) is 4.26. The second kappa shape index (κ2) is 8.21. The molecule has 2 heterocycles. The van der Waals surface area contributed by atoms with Gasteiger partial charge in [0.25, 0.3) is 0 Å². The van der Waals surface area contributed by atoms with Crippen molar-refractivity contribution in [2.75, 3.05) is 17.6 Å². The molecular formula is C19H20N6O3. The van der Waals surface area contributed by atoms with Crippen LogP contribution in [-0.2, 0) is 6.54 Å². The SMILES string of the molecule is CCNC(=O)Nc1cc2c(-c3ccc(N)nc3)ccc(CNC(=O)O)c2cn1. The predicted octanol–water partition coefficient (Wildman–Crippen LogP) is 2.79. The average Bonchev–Trinajstić information content (AvgIpc) is 2.67. The van der Waals surface area contributed by atoms with E-state index in [0.29, 0.717) is 18.2 Å². The van der Waals surface area contributed by atoms with E-state index in [1.807, 2.05) is 25.1 Å². The number of nitrogens with zero attached hydrogens (tertiary/aromatic N) is 2. The van der Waals surface area contributed by atoms with Crippen LogP contribution in [0.5, 0.6) is 0 Å². The van der Waals surface area contributed by atoms with Crippen LogP contribution in [-0.4, -0.2) is 33.7 Å². The molecule has 9 nitrogen and oxygen atoms in total. The van der Waals surface area contributed by atoms with Crippen molar-refractivity contribution in [2.45, 2.75) is 13.5 Å². The van der Waals surface area contributed by atoms with Crippen molar-refractivity contribution >= 4 is 34.5 Å². The van der Waals surface area contributed by atoms with Crippen molar-refractivity contribution < 1.29 is 14.7 Å². The number of anilines is 2. The molecule has 0 aliphatic rings. The molecule has 0 radical (unpaired) electrons. The van der Waals surface area contributed by atoms with E-state index in [4.69, 9.17) is 10.8 Å². The highest BCUT2D eigenvalue weighted by Gasteiger charge is 2.12. The monoisotopic (exact) mass is 380 g/mol. The van der Waals surface area contributed by atoms with Gasteiger partial charge in [-0.2, -0.15) is 0 Å². The molecule has 3 aromatic rings. The highest BCUT2D eigenvalue weighted by Crippen LogP contribution is 2.32. The van der Waals surface area contributed by atoms with E-state index in [-0.39, 0.29) is 12.6 Å². The first-order valence-corrected chi connectivity index (χ1v) is 8.63. The van der Waals surface area contributed by atoms with Crippen LogP contribution in [0.4, 0.5) is 21.2 Å². The summed E-state index contributed by atoms with van der Waals surface area (Å²) in [7, 11) is 0. The number of nitrogens with two attached hydrogens (primary N) is 1. The summed E-state index contributed by atoms with van der Waals surface area (Å²) in [4.78, 5) is 31.1. The smallest absolute Gasteiger partial charge is 0.404 e. The molecule has 0 saturated carbocycles. The van der Waals surface area contributed by atoms with E-state index in [1.165, 1.54) is 0 Å². The zero-order valence-corrected chi connectivity index (χ0v) is 15.2. The topological polar surface area (TPSA) is 142 Å². The number of fused-ring (bicyclic) bond motifs is 1. The Hall–Kier alpha value is -3.88. The van der Waals surface area contributed by atoms with Gasteiger partial charge in [-0.15, -0.1) is 0 Å². The number of rotatable bonds is 5. The van der Waals surface area contributed by atoms with E-state index in [2.05, 4.69) is 25.9 Å². The molecule has 0 aliphatic heterocycles. The van der Waals surface area contributed by atoms with Crippen LogP contribution in [0.1, 0.15) is 12.5 Å². The number of nitrogens with one attached hydrogen (secondary N) is 3. The van der Waals surface area contributed by atoms with Crippen molar-refractivity contribution in [3.8, 4) is 11.1 Å². The quantitative estimate of drug-likeness (QED) is 0.461.